The Bertz CT molecular complexity index is 338. The van der Waals surface area contributed by atoms with E-state index in [9.17, 15) is 5.11 Å². The largest absolute Gasteiger partial charge is 0.508 e. The van der Waals surface area contributed by atoms with Gasteiger partial charge < -0.3 is 15.6 Å². The van der Waals surface area contributed by atoms with Gasteiger partial charge in [0.05, 0.1) is 13.2 Å². The molecule has 0 aliphatic carbocycles. The Morgan fingerprint density at radius 3 is 2.75 bits per heavy atom. The van der Waals surface area contributed by atoms with E-state index in [1.165, 1.54) is 0 Å². The summed E-state index contributed by atoms with van der Waals surface area (Å²) in [5.74, 6) is 0.296. The molecular formula is C12H18N2O2. The number of phenolic OH excluding ortho intramolecular Hbond substituents is 1. The Hall–Kier alpha value is -1.10. The molecule has 0 spiro atoms. The predicted molar refractivity (Wildman–Crippen MR) is 62.3 cm³/mol. The number of phenols is 1. The van der Waals surface area contributed by atoms with Crippen molar-refractivity contribution in [3.63, 3.8) is 0 Å². The smallest absolute Gasteiger partial charge is 0.115 e. The molecule has 2 rings (SSSR count). The number of nitrogens with two attached hydrogens (primary N) is 1. The second kappa shape index (κ2) is 5.30. The van der Waals surface area contributed by atoms with Gasteiger partial charge in [0.15, 0.2) is 0 Å². The van der Waals surface area contributed by atoms with E-state index in [0.717, 1.165) is 31.9 Å². The monoisotopic (exact) mass is 222 g/mol. The van der Waals surface area contributed by atoms with Gasteiger partial charge in [-0.15, -0.1) is 0 Å². The molecule has 1 fully saturated rings. The zero-order valence-electron chi connectivity index (χ0n) is 9.30. The molecule has 1 heterocycles. The maximum Gasteiger partial charge on any atom is 0.115 e. The third kappa shape index (κ3) is 2.52. The van der Waals surface area contributed by atoms with Crippen molar-refractivity contribution in [3.05, 3.63) is 29.8 Å². The summed E-state index contributed by atoms with van der Waals surface area (Å²) in [5, 5.41) is 9.47. The minimum Gasteiger partial charge on any atom is -0.508 e. The van der Waals surface area contributed by atoms with Crippen molar-refractivity contribution in [2.75, 3.05) is 32.8 Å². The zero-order valence-corrected chi connectivity index (χ0v) is 9.30. The van der Waals surface area contributed by atoms with E-state index in [1.54, 1.807) is 12.1 Å². The van der Waals surface area contributed by atoms with Crippen LogP contribution < -0.4 is 5.73 Å². The van der Waals surface area contributed by atoms with Crippen LogP contribution in [-0.2, 0) is 4.74 Å². The van der Waals surface area contributed by atoms with E-state index in [1.807, 2.05) is 12.1 Å². The van der Waals surface area contributed by atoms with Crippen LogP contribution in [0.4, 0.5) is 0 Å². The van der Waals surface area contributed by atoms with E-state index < -0.39 is 0 Å². The van der Waals surface area contributed by atoms with Crippen molar-refractivity contribution in [1.29, 1.82) is 0 Å². The number of aromatic hydroxyl groups is 1. The Labute approximate surface area is 95.6 Å². The lowest BCUT2D eigenvalue weighted by Crippen LogP contribution is -2.41. The first kappa shape index (κ1) is 11.4. The first-order chi connectivity index (χ1) is 7.81. The number of hydrogen-bond acceptors (Lipinski definition) is 4. The highest BCUT2D eigenvalue weighted by molar-refractivity contribution is 5.29. The molecule has 4 heteroatoms. The van der Waals surface area contributed by atoms with Crippen molar-refractivity contribution in [2.24, 2.45) is 5.73 Å². The minimum absolute atomic E-state index is 0.177. The van der Waals surface area contributed by atoms with Gasteiger partial charge in [-0.05, 0) is 17.7 Å². The summed E-state index contributed by atoms with van der Waals surface area (Å²) in [6.45, 7) is 3.88. The average Bonchev–Trinajstić information content (AvgIpc) is 2.31. The Morgan fingerprint density at radius 1 is 1.38 bits per heavy atom. The lowest BCUT2D eigenvalue weighted by Gasteiger charge is -2.34. The van der Waals surface area contributed by atoms with Crippen molar-refractivity contribution < 1.29 is 9.84 Å². The molecule has 0 radical (unpaired) electrons. The van der Waals surface area contributed by atoms with Crippen molar-refractivity contribution in [2.45, 2.75) is 6.04 Å². The summed E-state index contributed by atoms with van der Waals surface area (Å²) in [6, 6.07) is 7.50. The number of hydrogen-bond donors (Lipinski definition) is 2. The van der Waals surface area contributed by atoms with Gasteiger partial charge >= 0.3 is 0 Å². The highest BCUT2D eigenvalue weighted by Gasteiger charge is 2.21. The molecule has 3 N–H and O–H groups in total. The maximum atomic E-state index is 9.47. The van der Waals surface area contributed by atoms with Gasteiger partial charge in [-0.3, -0.25) is 4.90 Å². The van der Waals surface area contributed by atoms with Crippen LogP contribution in [0.5, 0.6) is 5.75 Å². The van der Waals surface area contributed by atoms with E-state index >= 15 is 0 Å². The second-order valence-corrected chi connectivity index (χ2v) is 3.99. The first-order valence-electron chi connectivity index (χ1n) is 5.62. The third-order valence-corrected chi connectivity index (χ3v) is 2.96. The van der Waals surface area contributed by atoms with Gasteiger partial charge in [0.25, 0.3) is 0 Å². The molecule has 1 aromatic carbocycles. The highest BCUT2D eigenvalue weighted by atomic mass is 16.5. The zero-order chi connectivity index (χ0) is 11.4. The quantitative estimate of drug-likeness (QED) is 0.791. The van der Waals surface area contributed by atoms with E-state index in [4.69, 9.17) is 10.5 Å². The summed E-state index contributed by atoms with van der Waals surface area (Å²) in [6.07, 6.45) is 0. The fourth-order valence-corrected chi connectivity index (χ4v) is 2.12. The molecule has 16 heavy (non-hydrogen) atoms. The Morgan fingerprint density at radius 2 is 2.12 bits per heavy atom. The highest BCUT2D eigenvalue weighted by Crippen LogP contribution is 2.23. The van der Waals surface area contributed by atoms with Gasteiger partial charge in [-0.1, -0.05) is 12.1 Å². The van der Waals surface area contributed by atoms with Gasteiger partial charge in [0, 0.05) is 25.7 Å². The lowest BCUT2D eigenvalue weighted by molar-refractivity contribution is 0.0178. The van der Waals surface area contributed by atoms with Crippen LogP contribution in [0.3, 0.4) is 0 Å². The van der Waals surface area contributed by atoms with Crippen LogP contribution in [0.2, 0.25) is 0 Å². The van der Waals surface area contributed by atoms with Gasteiger partial charge in [-0.25, -0.2) is 0 Å². The number of morpholine rings is 1. The number of nitrogens with zero attached hydrogens (tertiary/aromatic N) is 1. The molecule has 1 atom stereocenters. The molecule has 0 bridgehead atoms. The fraction of sp³-hybridized carbons (Fsp3) is 0.500. The first-order valence-corrected chi connectivity index (χ1v) is 5.62. The molecular weight excluding hydrogens is 204 g/mol. The number of ether oxygens (including phenoxy) is 1. The number of benzene rings is 1. The topological polar surface area (TPSA) is 58.7 Å². The summed E-state index contributed by atoms with van der Waals surface area (Å²) >= 11 is 0. The molecule has 1 aromatic rings. The van der Waals surface area contributed by atoms with Crippen LogP contribution >= 0.6 is 0 Å². The van der Waals surface area contributed by atoms with E-state index in [2.05, 4.69) is 4.90 Å². The van der Waals surface area contributed by atoms with E-state index in [-0.39, 0.29) is 6.04 Å². The van der Waals surface area contributed by atoms with Gasteiger partial charge in [-0.2, -0.15) is 0 Å². The molecule has 88 valence electrons. The van der Waals surface area contributed by atoms with Crippen molar-refractivity contribution in [3.8, 4) is 5.75 Å². The standard InChI is InChI=1S/C12H18N2O2/c13-9-12(14-4-6-16-7-5-14)10-2-1-3-11(15)8-10/h1-3,8,12,15H,4-7,9,13H2. The number of rotatable bonds is 3. The summed E-state index contributed by atoms with van der Waals surface area (Å²) in [7, 11) is 0. The molecule has 0 amide bonds. The van der Waals surface area contributed by atoms with Gasteiger partial charge in [0.1, 0.15) is 5.75 Å². The van der Waals surface area contributed by atoms with Crippen LogP contribution in [0.1, 0.15) is 11.6 Å². The van der Waals surface area contributed by atoms with Crippen LogP contribution in [0.25, 0.3) is 0 Å². The maximum absolute atomic E-state index is 9.47. The average molecular weight is 222 g/mol. The molecule has 0 saturated carbocycles. The third-order valence-electron chi connectivity index (χ3n) is 2.96. The molecule has 4 nitrogen and oxygen atoms in total. The SMILES string of the molecule is NCC(c1cccc(O)c1)N1CCOCC1. The van der Waals surface area contributed by atoms with Gasteiger partial charge in [0.2, 0.25) is 0 Å². The fourth-order valence-electron chi connectivity index (χ4n) is 2.12. The molecule has 0 aromatic heterocycles. The predicted octanol–water partition coefficient (Wildman–Crippen LogP) is 0.724. The van der Waals surface area contributed by atoms with E-state index in [0.29, 0.717) is 12.3 Å². The normalized spacial score (nSPS) is 19.6. The second-order valence-electron chi connectivity index (χ2n) is 3.99. The molecule has 1 saturated heterocycles. The Balaban J connectivity index is 2.14. The summed E-state index contributed by atoms with van der Waals surface area (Å²) in [4.78, 5) is 2.30. The van der Waals surface area contributed by atoms with Crippen molar-refractivity contribution >= 4 is 0 Å². The molecule has 1 aliphatic rings. The Kier molecular flexibility index (Phi) is 3.77. The lowest BCUT2D eigenvalue weighted by atomic mass is 10.0. The molecule has 1 unspecified atom stereocenters. The summed E-state index contributed by atoms with van der Waals surface area (Å²) in [5.41, 5.74) is 6.90. The summed E-state index contributed by atoms with van der Waals surface area (Å²) < 4.78 is 5.32. The van der Waals surface area contributed by atoms with Crippen LogP contribution in [0.15, 0.2) is 24.3 Å². The molecule has 1 aliphatic heterocycles. The van der Waals surface area contributed by atoms with Crippen LogP contribution in [0, 0.1) is 0 Å². The minimum atomic E-state index is 0.177. The van der Waals surface area contributed by atoms with Crippen LogP contribution in [-0.4, -0.2) is 42.9 Å². The van der Waals surface area contributed by atoms with Crippen molar-refractivity contribution in [1.82, 2.24) is 4.90 Å².